The van der Waals surface area contributed by atoms with Crippen LogP contribution < -0.4 is 0 Å². The van der Waals surface area contributed by atoms with Gasteiger partial charge in [0.1, 0.15) is 5.82 Å². The molecule has 0 unspecified atom stereocenters. The molecule has 0 saturated carbocycles. The number of fused-ring (bicyclic) bond motifs is 1. The van der Waals surface area contributed by atoms with E-state index in [1.807, 2.05) is 24.3 Å². The van der Waals surface area contributed by atoms with Crippen molar-refractivity contribution in [1.29, 1.82) is 0 Å². The van der Waals surface area contributed by atoms with Gasteiger partial charge in [-0.05, 0) is 30.0 Å². The van der Waals surface area contributed by atoms with Crippen molar-refractivity contribution in [3.05, 3.63) is 71.0 Å². The maximum atomic E-state index is 13.8. The van der Waals surface area contributed by atoms with Crippen molar-refractivity contribution in [1.82, 2.24) is 0 Å². The van der Waals surface area contributed by atoms with Crippen LogP contribution in [0.1, 0.15) is 33.8 Å². The third kappa shape index (κ3) is 1.74. The average molecular weight is 240 g/mol. The number of hydrogen-bond donors (Lipinski definition) is 0. The van der Waals surface area contributed by atoms with Crippen LogP contribution in [0.15, 0.2) is 48.5 Å². The Morgan fingerprint density at radius 2 is 1.72 bits per heavy atom. The molecule has 90 valence electrons. The van der Waals surface area contributed by atoms with E-state index >= 15 is 0 Å². The number of aryl methyl sites for hydroxylation is 1. The summed E-state index contributed by atoms with van der Waals surface area (Å²) in [6.45, 7) is 0. The van der Waals surface area contributed by atoms with Gasteiger partial charge in [0.25, 0.3) is 0 Å². The van der Waals surface area contributed by atoms with Crippen LogP contribution in [-0.2, 0) is 6.42 Å². The first-order valence-corrected chi connectivity index (χ1v) is 6.14. The lowest BCUT2D eigenvalue weighted by molar-refractivity contribution is 0.0944. The summed E-state index contributed by atoms with van der Waals surface area (Å²) in [5.74, 6) is -0.571. The molecule has 1 aliphatic carbocycles. The summed E-state index contributed by atoms with van der Waals surface area (Å²) >= 11 is 0. The Labute approximate surface area is 105 Å². The van der Waals surface area contributed by atoms with Gasteiger partial charge in [-0.25, -0.2) is 4.39 Å². The van der Waals surface area contributed by atoms with Gasteiger partial charge in [-0.1, -0.05) is 42.5 Å². The maximum Gasteiger partial charge on any atom is 0.170 e. The topological polar surface area (TPSA) is 17.1 Å². The average Bonchev–Trinajstić information content (AvgIpc) is 2.41. The van der Waals surface area contributed by atoms with E-state index in [2.05, 4.69) is 0 Å². The molecule has 1 aliphatic rings. The molecule has 0 radical (unpaired) electrons. The molecule has 1 atom stereocenters. The van der Waals surface area contributed by atoms with Crippen LogP contribution in [0.25, 0.3) is 0 Å². The minimum absolute atomic E-state index is 0.0435. The van der Waals surface area contributed by atoms with Crippen molar-refractivity contribution >= 4 is 5.78 Å². The van der Waals surface area contributed by atoms with E-state index in [1.165, 1.54) is 6.07 Å². The number of hydrogen-bond acceptors (Lipinski definition) is 1. The normalized spacial score (nSPS) is 18.5. The molecule has 0 spiro atoms. The fourth-order valence-corrected chi connectivity index (χ4v) is 2.65. The second-order valence-electron chi connectivity index (χ2n) is 4.63. The highest BCUT2D eigenvalue weighted by Gasteiger charge is 2.29. The Kier molecular flexibility index (Phi) is 2.71. The van der Waals surface area contributed by atoms with Crippen molar-refractivity contribution < 1.29 is 9.18 Å². The van der Waals surface area contributed by atoms with E-state index in [-0.39, 0.29) is 17.5 Å². The molecule has 2 aromatic carbocycles. The molecular formula is C16H13FO. The highest BCUT2D eigenvalue weighted by atomic mass is 19.1. The van der Waals surface area contributed by atoms with Crippen molar-refractivity contribution in [2.24, 2.45) is 0 Å². The Morgan fingerprint density at radius 1 is 1.00 bits per heavy atom. The monoisotopic (exact) mass is 240 g/mol. The molecule has 0 aliphatic heterocycles. The summed E-state index contributed by atoms with van der Waals surface area (Å²) in [6, 6.07) is 14.2. The van der Waals surface area contributed by atoms with Gasteiger partial charge in [0.15, 0.2) is 5.78 Å². The number of benzene rings is 2. The maximum absolute atomic E-state index is 13.8. The van der Waals surface area contributed by atoms with E-state index in [9.17, 15) is 9.18 Å². The molecule has 0 amide bonds. The van der Waals surface area contributed by atoms with Crippen LogP contribution in [0.5, 0.6) is 0 Å². The van der Waals surface area contributed by atoms with Gasteiger partial charge in [0.2, 0.25) is 0 Å². The van der Waals surface area contributed by atoms with Gasteiger partial charge in [-0.15, -0.1) is 0 Å². The molecule has 0 heterocycles. The zero-order chi connectivity index (χ0) is 12.5. The van der Waals surface area contributed by atoms with Crippen LogP contribution in [0, 0.1) is 5.82 Å². The predicted molar refractivity (Wildman–Crippen MR) is 68.2 cm³/mol. The first-order chi connectivity index (χ1) is 8.77. The number of carbonyl (C=O) groups is 1. The van der Waals surface area contributed by atoms with Crippen molar-refractivity contribution in [2.45, 2.75) is 18.8 Å². The summed E-state index contributed by atoms with van der Waals surface area (Å²) in [5, 5.41) is 0. The van der Waals surface area contributed by atoms with E-state index in [0.717, 1.165) is 17.5 Å². The van der Waals surface area contributed by atoms with Gasteiger partial charge >= 0.3 is 0 Å². The molecule has 2 aromatic rings. The van der Waals surface area contributed by atoms with Crippen LogP contribution in [0.3, 0.4) is 0 Å². The van der Waals surface area contributed by atoms with Crippen molar-refractivity contribution in [2.75, 3.05) is 0 Å². The first kappa shape index (κ1) is 11.1. The Morgan fingerprint density at radius 3 is 2.56 bits per heavy atom. The van der Waals surface area contributed by atoms with Crippen LogP contribution >= 0.6 is 0 Å². The summed E-state index contributed by atoms with van der Waals surface area (Å²) in [4.78, 5) is 12.4. The van der Waals surface area contributed by atoms with Crippen LogP contribution in [0.4, 0.5) is 4.39 Å². The summed E-state index contributed by atoms with van der Waals surface area (Å²) < 4.78 is 13.8. The molecule has 0 fully saturated rings. The predicted octanol–water partition coefficient (Wildman–Crippen LogP) is 3.74. The standard InChI is InChI=1S/C16H13FO/c17-15-8-4-3-7-13(15)14-10-9-11-5-1-2-6-12(11)16(14)18/h1-8,14H,9-10H2/t14-/m0/s1. The number of ketones is 1. The third-order valence-electron chi connectivity index (χ3n) is 3.58. The zero-order valence-corrected chi connectivity index (χ0v) is 9.90. The fraction of sp³-hybridized carbons (Fsp3) is 0.188. The second kappa shape index (κ2) is 4.37. The molecular weight excluding hydrogens is 227 g/mol. The molecule has 3 rings (SSSR count). The molecule has 0 aromatic heterocycles. The molecule has 0 N–H and O–H groups in total. The summed E-state index contributed by atoms with van der Waals surface area (Å²) in [5.41, 5.74) is 2.35. The highest BCUT2D eigenvalue weighted by Crippen LogP contribution is 2.33. The summed E-state index contributed by atoms with van der Waals surface area (Å²) in [7, 11) is 0. The Hall–Kier alpha value is -1.96. The van der Waals surface area contributed by atoms with Gasteiger partial charge < -0.3 is 0 Å². The second-order valence-corrected chi connectivity index (χ2v) is 4.63. The number of rotatable bonds is 1. The van der Waals surface area contributed by atoms with Gasteiger partial charge in [0.05, 0.1) is 5.92 Å². The number of Topliss-reactive ketones (excluding diaryl/α,β-unsaturated/α-hetero) is 1. The van der Waals surface area contributed by atoms with E-state index in [1.54, 1.807) is 18.2 Å². The van der Waals surface area contributed by atoms with E-state index in [0.29, 0.717) is 12.0 Å². The fourth-order valence-electron chi connectivity index (χ4n) is 2.65. The van der Waals surface area contributed by atoms with Crippen LogP contribution in [-0.4, -0.2) is 5.78 Å². The van der Waals surface area contributed by atoms with Crippen molar-refractivity contribution in [3.63, 3.8) is 0 Å². The molecule has 0 saturated heterocycles. The lowest BCUT2D eigenvalue weighted by Gasteiger charge is -2.23. The molecule has 18 heavy (non-hydrogen) atoms. The minimum atomic E-state index is -0.332. The van der Waals surface area contributed by atoms with Gasteiger partial charge in [-0.3, -0.25) is 4.79 Å². The van der Waals surface area contributed by atoms with E-state index < -0.39 is 0 Å². The lowest BCUT2D eigenvalue weighted by atomic mass is 9.79. The van der Waals surface area contributed by atoms with E-state index in [4.69, 9.17) is 0 Å². The molecule has 1 nitrogen and oxygen atoms in total. The zero-order valence-electron chi connectivity index (χ0n) is 9.90. The number of carbonyl (C=O) groups excluding carboxylic acids is 1. The Balaban J connectivity index is 2.03. The van der Waals surface area contributed by atoms with Gasteiger partial charge in [-0.2, -0.15) is 0 Å². The molecule has 2 heteroatoms. The molecule has 0 bridgehead atoms. The van der Waals surface area contributed by atoms with Crippen molar-refractivity contribution in [3.8, 4) is 0 Å². The van der Waals surface area contributed by atoms with Gasteiger partial charge in [0, 0.05) is 5.56 Å². The first-order valence-electron chi connectivity index (χ1n) is 6.14. The lowest BCUT2D eigenvalue weighted by Crippen LogP contribution is -2.21. The smallest absolute Gasteiger partial charge is 0.170 e. The minimum Gasteiger partial charge on any atom is -0.293 e. The quantitative estimate of drug-likeness (QED) is 0.742. The largest absolute Gasteiger partial charge is 0.293 e. The highest BCUT2D eigenvalue weighted by molar-refractivity contribution is 6.03. The summed E-state index contributed by atoms with van der Waals surface area (Å²) in [6.07, 6.45) is 1.53. The third-order valence-corrected chi connectivity index (χ3v) is 3.58. The number of halogens is 1. The Bertz CT molecular complexity index is 604. The van der Waals surface area contributed by atoms with Crippen LogP contribution in [0.2, 0.25) is 0 Å². The SMILES string of the molecule is O=C1c2ccccc2CC[C@H]1c1ccccc1F.